The highest BCUT2D eigenvalue weighted by Gasteiger charge is 2.27. The van der Waals surface area contributed by atoms with Crippen LogP contribution in [-0.2, 0) is 4.79 Å². The van der Waals surface area contributed by atoms with E-state index in [1.807, 2.05) is 53.6 Å². The van der Waals surface area contributed by atoms with E-state index in [4.69, 9.17) is 9.97 Å². The van der Waals surface area contributed by atoms with E-state index < -0.39 is 0 Å². The van der Waals surface area contributed by atoms with Gasteiger partial charge in [0.2, 0.25) is 17.8 Å². The van der Waals surface area contributed by atoms with E-state index in [1.54, 1.807) is 6.20 Å². The minimum atomic E-state index is -0.0300. The molecule has 0 spiro atoms. The van der Waals surface area contributed by atoms with Gasteiger partial charge in [-0.2, -0.15) is 4.98 Å². The summed E-state index contributed by atoms with van der Waals surface area (Å²) in [6, 6.07) is 14.1. The number of para-hydroxylation sites is 1. The number of nitrogens with zero attached hydrogens (tertiary/aromatic N) is 8. The van der Waals surface area contributed by atoms with Gasteiger partial charge in [-0.25, -0.2) is 15.0 Å². The molecule has 0 radical (unpaired) electrons. The topological polar surface area (TPSA) is 107 Å². The van der Waals surface area contributed by atoms with Crippen LogP contribution >= 0.6 is 0 Å². The molecule has 0 saturated carbocycles. The molecule has 11 heteroatoms. The lowest BCUT2D eigenvalue weighted by molar-refractivity contribution is -0.127. The zero-order valence-corrected chi connectivity index (χ0v) is 22.7. The number of anilines is 5. The lowest BCUT2D eigenvalue weighted by Crippen LogP contribution is -2.44. The number of likely N-dealkylation sites (N-methyl/N-ethyl adjacent to an activating group) is 1. The average molecular weight is 539 g/mol. The lowest BCUT2D eigenvalue weighted by Gasteiger charge is -2.33. The van der Waals surface area contributed by atoms with Gasteiger partial charge in [-0.1, -0.05) is 24.8 Å². The lowest BCUT2D eigenvalue weighted by atomic mass is 10.0. The number of benzene rings is 1. The summed E-state index contributed by atoms with van der Waals surface area (Å²) < 4.78 is 2.15. The van der Waals surface area contributed by atoms with Crippen LogP contribution < -0.4 is 15.5 Å². The zero-order valence-electron chi connectivity index (χ0n) is 22.7. The monoisotopic (exact) mass is 538 g/mol. The van der Waals surface area contributed by atoms with Crippen LogP contribution in [0.2, 0.25) is 0 Å². The van der Waals surface area contributed by atoms with E-state index in [1.165, 1.54) is 6.08 Å². The highest BCUT2D eigenvalue weighted by atomic mass is 16.2. The van der Waals surface area contributed by atoms with Crippen LogP contribution in [0, 0.1) is 0 Å². The number of aromatic nitrogens is 5. The van der Waals surface area contributed by atoms with E-state index in [-0.39, 0.29) is 11.9 Å². The fourth-order valence-electron chi connectivity index (χ4n) is 5.32. The number of carbonyl (C=O) groups is 1. The van der Waals surface area contributed by atoms with Crippen LogP contribution in [0.5, 0.6) is 0 Å². The smallest absolute Gasteiger partial charge is 0.245 e. The summed E-state index contributed by atoms with van der Waals surface area (Å²) in [5, 5.41) is 6.78. The summed E-state index contributed by atoms with van der Waals surface area (Å²) in [6.45, 7) is 8.96. The maximum Gasteiger partial charge on any atom is 0.245 e. The van der Waals surface area contributed by atoms with Crippen molar-refractivity contribution in [3.05, 3.63) is 67.5 Å². The number of imidazole rings is 1. The third-order valence-corrected chi connectivity index (χ3v) is 7.61. The van der Waals surface area contributed by atoms with E-state index in [0.717, 1.165) is 61.9 Å². The molecule has 0 aliphatic carbocycles. The highest BCUT2D eigenvalue weighted by molar-refractivity contribution is 5.87. The maximum atomic E-state index is 12.2. The van der Waals surface area contributed by atoms with Gasteiger partial charge >= 0.3 is 0 Å². The first-order chi connectivity index (χ1) is 19.6. The van der Waals surface area contributed by atoms with Crippen molar-refractivity contribution in [2.24, 2.45) is 0 Å². The molecule has 2 aliphatic rings. The fraction of sp³-hybridized carbons (Fsp3) is 0.345. The average Bonchev–Trinajstić information content (AvgIpc) is 3.35. The quantitative estimate of drug-likeness (QED) is 0.340. The molecule has 2 aliphatic heterocycles. The van der Waals surface area contributed by atoms with Crippen LogP contribution in [0.1, 0.15) is 18.9 Å². The van der Waals surface area contributed by atoms with Crippen molar-refractivity contribution >= 4 is 46.2 Å². The Labute approximate surface area is 233 Å². The van der Waals surface area contributed by atoms with Crippen LogP contribution in [-0.4, -0.2) is 86.5 Å². The van der Waals surface area contributed by atoms with Crippen molar-refractivity contribution in [3.63, 3.8) is 0 Å². The van der Waals surface area contributed by atoms with Crippen molar-refractivity contribution in [3.8, 4) is 0 Å². The van der Waals surface area contributed by atoms with E-state index >= 15 is 0 Å². The largest absolute Gasteiger partial charge is 0.354 e. The highest BCUT2D eigenvalue weighted by Crippen LogP contribution is 2.32. The Balaban J connectivity index is 1.26. The minimum Gasteiger partial charge on any atom is -0.354 e. The summed E-state index contributed by atoms with van der Waals surface area (Å²) in [5.41, 5.74) is 3.21. The van der Waals surface area contributed by atoms with Crippen molar-refractivity contribution < 1.29 is 4.79 Å². The molecular weight excluding hydrogens is 504 g/mol. The molecule has 6 rings (SSSR count). The molecule has 0 unspecified atom stereocenters. The van der Waals surface area contributed by atoms with Gasteiger partial charge < -0.3 is 25.3 Å². The minimum absolute atomic E-state index is 0.0300. The molecule has 2 N–H and O–H groups in total. The molecule has 3 aromatic heterocycles. The van der Waals surface area contributed by atoms with E-state index in [9.17, 15) is 4.79 Å². The molecule has 11 nitrogen and oxygen atoms in total. The second kappa shape index (κ2) is 11.3. The van der Waals surface area contributed by atoms with Gasteiger partial charge in [0.15, 0.2) is 5.65 Å². The van der Waals surface area contributed by atoms with Crippen molar-refractivity contribution in [2.45, 2.75) is 18.9 Å². The predicted octanol–water partition coefficient (Wildman–Crippen LogP) is 3.81. The Morgan fingerprint density at radius 3 is 2.38 bits per heavy atom. The normalized spacial score (nSPS) is 16.7. The Bertz CT molecular complexity index is 1470. The molecular formula is C29H34N10O. The Morgan fingerprint density at radius 2 is 1.68 bits per heavy atom. The van der Waals surface area contributed by atoms with Gasteiger partial charge in [-0.3, -0.25) is 9.36 Å². The van der Waals surface area contributed by atoms with Crippen molar-refractivity contribution in [1.82, 2.24) is 34.3 Å². The molecule has 1 aromatic carbocycles. The molecule has 5 heterocycles. The van der Waals surface area contributed by atoms with Gasteiger partial charge in [0, 0.05) is 51.0 Å². The summed E-state index contributed by atoms with van der Waals surface area (Å²) in [4.78, 5) is 37.6. The number of piperidine rings is 1. The van der Waals surface area contributed by atoms with Gasteiger partial charge in [0.1, 0.15) is 11.3 Å². The summed E-state index contributed by atoms with van der Waals surface area (Å²) in [6.07, 6.45) is 6.54. The Hall–Kier alpha value is -4.51. The molecule has 1 amide bonds. The third-order valence-electron chi connectivity index (χ3n) is 7.61. The van der Waals surface area contributed by atoms with E-state index in [0.29, 0.717) is 30.5 Å². The zero-order chi connectivity index (χ0) is 27.5. The summed E-state index contributed by atoms with van der Waals surface area (Å²) in [7, 11) is 2.15. The standard InChI is InChI=1S/C29H34N10O/c1-3-26(40)38-13-11-23(12-14-38)39-27-24(34-29(39)33-21-7-5-4-6-8-21)20-31-28(35-27)32-22-9-10-25(30-19-22)37-17-15-36(2)16-18-37/h3-10,19-20,23H,1,11-18H2,2H3,(H,33,34)(H,31,32,35). The van der Waals surface area contributed by atoms with Crippen LogP contribution in [0.25, 0.3) is 11.2 Å². The van der Waals surface area contributed by atoms with Crippen LogP contribution in [0.4, 0.5) is 29.1 Å². The van der Waals surface area contributed by atoms with Crippen LogP contribution in [0.3, 0.4) is 0 Å². The predicted molar refractivity (Wildman–Crippen MR) is 157 cm³/mol. The van der Waals surface area contributed by atoms with Crippen molar-refractivity contribution in [2.75, 3.05) is 61.8 Å². The van der Waals surface area contributed by atoms with Gasteiger partial charge in [0.05, 0.1) is 18.1 Å². The first kappa shape index (κ1) is 25.8. The third kappa shape index (κ3) is 5.46. The maximum absolute atomic E-state index is 12.2. The number of amides is 1. The number of piperazine rings is 1. The van der Waals surface area contributed by atoms with E-state index in [2.05, 4.69) is 48.6 Å². The van der Waals surface area contributed by atoms with Gasteiger partial charge in [0.25, 0.3) is 0 Å². The Morgan fingerprint density at radius 1 is 0.900 bits per heavy atom. The second-order valence-electron chi connectivity index (χ2n) is 10.3. The number of pyridine rings is 1. The number of hydrogen-bond donors (Lipinski definition) is 2. The number of fused-ring (bicyclic) bond motifs is 1. The second-order valence-corrected chi connectivity index (χ2v) is 10.3. The number of likely N-dealkylation sites (tertiary alicyclic amines) is 1. The van der Waals surface area contributed by atoms with Gasteiger partial charge in [-0.05, 0) is 50.2 Å². The molecule has 206 valence electrons. The Kier molecular flexibility index (Phi) is 7.28. The first-order valence-electron chi connectivity index (χ1n) is 13.7. The molecule has 0 bridgehead atoms. The van der Waals surface area contributed by atoms with Gasteiger partial charge in [-0.15, -0.1) is 0 Å². The molecule has 2 saturated heterocycles. The molecule has 40 heavy (non-hydrogen) atoms. The van der Waals surface area contributed by atoms with Crippen LogP contribution in [0.15, 0.2) is 67.5 Å². The number of hydrogen-bond acceptors (Lipinski definition) is 9. The summed E-state index contributed by atoms with van der Waals surface area (Å²) >= 11 is 0. The molecule has 0 atom stereocenters. The SMILES string of the molecule is C=CC(=O)N1CCC(n2c(Nc3ccccc3)nc3cnc(Nc4ccc(N5CCN(C)CC5)nc4)nc32)CC1. The molecule has 2 fully saturated rings. The number of carbonyl (C=O) groups excluding carboxylic acids is 1. The fourth-order valence-corrected chi connectivity index (χ4v) is 5.32. The number of rotatable bonds is 7. The summed E-state index contributed by atoms with van der Waals surface area (Å²) in [5.74, 6) is 2.14. The number of nitrogens with one attached hydrogen (secondary N) is 2. The first-order valence-corrected chi connectivity index (χ1v) is 13.7. The molecule has 4 aromatic rings. The van der Waals surface area contributed by atoms with Crippen molar-refractivity contribution in [1.29, 1.82) is 0 Å².